The van der Waals surface area contributed by atoms with Gasteiger partial charge in [0, 0.05) is 5.92 Å². The van der Waals surface area contributed by atoms with Crippen LogP contribution < -0.4 is 0 Å². The van der Waals surface area contributed by atoms with Gasteiger partial charge in [0.2, 0.25) is 0 Å². The Morgan fingerprint density at radius 2 is 1.18 bits per heavy atom. The molecule has 1 unspecified atom stereocenters. The van der Waals surface area contributed by atoms with Crippen LogP contribution in [0.3, 0.4) is 0 Å². The third-order valence-corrected chi connectivity index (χ3v) is 7.90. The van der Waals surface area contributed by atoms with Gasteiger partial charge in [0.15, 0.2) is 0 Å². The molecule has 0 spiro atoms. The van der Waals surface area contributed by atoms with E-state index in [1.54, 1.807) is 5.57 Å². The summed E-state index contributed by atoms with van der Waals surface area (Å²) >= 11 is 0. The molecule has 168 valence electrons. The van der Waals surface area contributed by atoms with Crippen molar-refractivity contribution in [3.8, 4) is 33.4 Å². The maximum Gasteiger partial charge on any atom is 0.00198 e. The fraction of sp³-hybridized carbons (Fsp3) is 0.235. The Kier molecular flexibility index (Phi) is 5.46. The Morgan fingerprint density at radius 3 is 1.74 bits per heavy atom. The summed E-state index contributed by atoms with van der Waals surface area (Å²) < 4.78 is 0. The molecule has 0 nitrogen and oxygen atoms in total. The van der Waals surface area contributed by atoms with E-state index in [0.717, 1.165) is 6.42 Å². The Balaban J connectivity index is 1.31. The second kappa shape index (κ2) is 8.76. The SMILES string of the molecule is Cc1ccc(-c2ccc3c(c2)-c2cc(-c4ccc(C(C)C5=CCCCC5)cc4)ccc2C3)cc1. The van der Waals surface area contributed by atoms with Crippen LogP contribution in [0.5, 0.6) is 0 Å². The van der Waals surface area contributed by atoms with E-state index in [4.69, 9.17) is 0 Å². The minimum absolute atomic E-state index is 0.529. The van der Waals surface area contributed by atoms with E-state index in [9.17, 15) is 0 Å². The number of rotatable bonds is 4. The molecule has 34 heavy (non-hydrogen) atoms. The monoisotopic (exact) mass is 440 g/mol. The lowest BCUT2D eigenvalue weighted by Crippen LogP contribution is -2.01. The average Bonchev–Trinajstić information content (AvgIpc) is 3.26. The van der Waals surface area contributed by atoms with E-state index < -0.39 is 0 Å². The zero-order chi connectivity index (χ0) is 23.1. The van der Waals surface area contributed by atoms with Crippen molar-refractivity contribution in [1.82, 2.24) is 0 Å². The van der Waals surface area contributed by atoms with Crippen LogP contribution in [0.4, 0.5) is 0 Å². The average molecular weight is 441 g/mol. The highest BCUT2D eigenvalue weighted by atomic mass is 14.2. The largest absolute Gasteiger partial charge is 0.0847 e. The van der Waals surface area contributed by atoms with E-state index in [0.29, 0.717) is 5.92 Å². The Hall–Kier alpha value is -3.38. The number of allylic oxidation sites excluding steroid dienone is 2. The number of benzene rings is 4. The summed E-state index contributed by atoms with van der Waals surface area (Å²) in [5, 5.41) is 0. The molecule has 0 N–H and O–H groups in total. The number of aryl methyl sites for hydroxylation is 1. The predicted octanol–water partition coefficient (Wildman–Crippen LogP) is 9.50. The van der Waals surface area contributed by atoms with E-state index in [1.807, 2.05) is 0 Å². The van der Waals surface area contributed by atoms with Gasteiger partial charge in [0.05, 0.1) is 0 Å². The molecule has 1 atom stereocenters. The van der Waals surface area contributed by atoms with Gasteiger partial charge in [-0.3, -0.25) is 0 Å². The lowest BCUT2D eigenvalue weighted by Gasteiger charge is -2.20. The summed E-state index contributed by atoms with van der Waals surface area (Å²) in [5.74, 6) is 0.529. The lowest BCUT2D eigenvalue weighted by molar-refractivity contribution is 0.658. The predicted molar refractivity (Wildman–Crippen MR) is 145 cm³/mol. The molecule has 0 radical (unpaired) electrons. The second-order valence-corrected chi connectivity index (χ2v) is 10.2. The molecule has 0 heterocycles. The molecule has 0 aromatic heterocycles. The molecule has 0 saturated heterocycles. The quantitative estimate of drug-likeness (QED) is 0.244. The van der Waals surface area contributed by atoms with Crippen LogP contribution in [0.25, 0.3) is 33.4 Å². The molecular formula is C34H32. The van der Waals surface area contributed by atoms with Crippen molar-refractivity contribution in [2.45, 2.75) is 51.9 Å². The van der Waals surface area contributed by atoms with Crippen molar-refractivity contribution in [1.29, 1.82) is 0 Å². The van der Waals surface area contributed by atoms with Crippen molar-refractivity contribution in [3.05, 3.63) is 119 Å². The second-order valence-electron chi connectivity index (χ2n) is 10.2. The number of hydrogen-bond acceptors (Lipinski definition) is 0. The third-order valence-electron chi connectivity index (χ3n) is 7.90. The highest BCUT2D eigenvalue weighted by Crippen LogP contribution is 2.41. The van der Waals surface area contributed by atoms with Crippen LogP contribution >= 0.6 is 0 Å². The van der Waals surface area contributed by atoms with Crippen molar-refractivity contribution in [2.24, 2.45) is 0 Å². The highest BCUT2D eigenvalue weighted by molar-refractivity contribution is 5.84. The summed E-state index contributed by atoms with van der Waals surface area (Å²) in [7, 11) is 0. The van der Waals surface area contributed by atoms with E-state index in [1.165, 1.54) is 81.3 Å². The molecule has 0 amide bonds. The molecule has 0 saturated carbocycles. The first-order chi connectivity index (χ1) is 16.7. The van der Waals surface area contributed by atoms with Gasteiger partial charge in [0.1, 0.15) is 0 Å². The summed E-state index contributed by atoms with van der Waals surface area (Å²) in [6.07, 6.45) is 8.72. The zero-order valence-corrected chi connectivity index (χ0v) is 20.3. The number of fused-ring (bicyclic) bond motifs is 3. The number of hydrogen-bond donors (Lipinski definition) is 0. The van der Waals surface area contributed by atoms with Gasteiger partial charge in [-0.2, -0.15) is 0 Å². The fourth-order valence-electron chi connectivity index (χ4n) is 5.71. The van der Waals surface area contributed by atoms with E-state index in [-0.39, 0.29) is 0 Å². The van der Waals surface area contributed by atoms with E-state index in [2.05, 4.69) is 105 Å². The smallest absolute Gasteiger partial charge is 0.00198 e. The van der Waals surface area contributed by atoms with Gasteiger partial charge in [-0.25, -0.2) is 0 Å². The van der Waals surface area contributed by atoms with Gasteiger partial charge in [-0.05, 0) is 101 Å². The summed E-state index contributed by atoms with van der Waals surface area (Å²) in [6.45, 7) is 4.51. The minimum atomic E-state index is 0.529. The first kappa shape index (κ1) is 21.2. The summed E-state index contributed by atoms with van der Waals surface area (Å²) in [4.78, 5) is 0. The van der Waals surface area contributed by atoms with Crippen LogP contribution in [0.2, 0.25) is 0 Å². The van der Waals surface area contributed by atoms with Gasteiger partial charge in [-0.15, -0.1) is 0 Å². The summed E-state index contributed by atoms with van der Waals surface area (Å²) in [5.41, 5.74) is 15.2. The molecule has 0 heteroatoms. The molecule has 0 fully saturated rings. The summed E-state index contributed by atoms with van der Waals surface area (Å²) in [6, 6.07) is 32.2. The minimum Gasteiger partial charge on any atom is -0.0847 e. The van der Waals surface area contributed by atoms with Crippen molar-refractivity contribution in [2.75, 3.05) is 0 Å². The Morgan fingerprint density at radius 1 is 0.618 bits per heavy atom. The molecule has 4 aromatic carbocycles. The lowest BCUT2D eigenvalue weighted by atomic mass is 9.85. The highest BCUT2D eigenvalue weighted by Gasteiger charge is 2.20. The molecule has 0 bridgehead atoms. The van der Waals surface area contributed by atoms with Crippen molar-refractivity contribution >= 4 is 0 Å². The van der Waals surface area contributed by atoms with Gasteiger partial charge < -0.3 is 0 Å². The third kappa shape index (κ3) is 3.92. The molecule has 2 aliphatic rings. The molecule has 2 aliphatic carbocycles. The molecule has 6 rings (SSSR count). The van der Waals surface area contributed by atoms with Crippen LogP contribution in [0.15, 0.2) is 96.6 Å². The van der Waals surface area contributed by atoms with Crippen LogP contribution in [-0.4, -0.2) is 0 Å². The van der Waals surface area contributed by atoms with Crippen molar-refractivity contribution in [3.63, 3.8) is 0 Å². The van der Waals surface area contributed by atoms with Crippen molar-refractivity contribution < 1.29 is 0 Å². The Labute approximate surface area is 204 Å². The topological polar surface area (TPSA) is 0 Å². The first-order valence-electron chi connectivity index (χ1n) is 12.8. The Bertz CT molecular complexity index is 1370. The van der Waals surface area contributed by atoms with Gasteiger partial charge >= 0.3 is 0 Å². The van der Waals surface area contributed by atoms with Gasteiger partial charge in [-0.1, -0.05) is 96.9 Å². The normalized spacial score (nSPS) is 15.4. The fourth-order valence-corrected chi connectivity index (χ4v) is 5.71. The zero-order valence-electron chi connectivity index (χ0n) is 20.3. The van der Waals surface area contributed by atoms with Crippen LogP contribution in [0.1, 0.15) is 60.8 Å². The van der Waals surface area contributed by atoms with Crippen LogP contribution in [0, 0.1) is 6.92 Å². The molecular weight excluding hydrogens is 408 g/mol. The first-order valence-corrected chi connectivity index (χ1v) is 12.8. The van der Waals surface area contributed by atoms with Crippen LogP contribution in [-0.2, 0) is 6.42 Å². The maximum absolute atomic E-state index is 2.48. The maximum atomic E-state index is 2.48. The standard InChI is InChI=1S/C34H32/c1-23-8-10-27(11-9-23)29-16-18-31-20-32-19-17-30(22-34(32)33(31)21-29)28-14-12-26(13-15-28)24(2)25-6-4-3-5-7-25/h6,8-19,21-22,24H,3-5,7,20H2,1-2H3. The molecule has 4 aromatic rings. The molecule has 0 aliphatic heterocycles. The van der Waals surface area contributed by atoms with Gasteiger partial charge in [0.25, 0.3) is 0 Å². The van der Waals surface area contributed by atoms with E-state index >= 15 is 0 Å².